The van der Waals surface area contributed by atoms with Crippen molar-refractivity contribution in [2.24, 2.45) is 0 Å². The van der Waals surface area contributed by atoms with Crippen molar-refractivity contribution in [3.8, 4) is 22.3 Å². The molecule has 6 rings (SSSR count). The van der Waals surface area contributed by atoms with Gasteiger partial charge in [-0.15, -0.1) is 0 Å². The molecule has 0 nitrogen and oxygen atoms in total. The maximum atomic E-state index is 2.40. The third-order valence-electron chi connectivity index (χ3n) is 5.74. The van der Waals surface area contributed by atoms with Gasteiger partial charge in [-0.3, -0.25) is 0 Å². The normalized spacial score (nSPS) is 12.5. The molecule has 0 saturated carbocycles. The van der Waals surface area contributed by atoms with Gasteiger partial charge in [0.25, 0.3) is 0 Å². The van der Waals surface area contributed by atoms with Crippen LogP contribution in [0.5, 0.6) is 0 Å². The lowest BCUT2D eigenvalue weighted by Gasteiger charge is -2.15. The highest BCUT2D eigenvalue weighted by atomic mass is 14.3. The summed E-state index contributed by atoms with van der Waals surface area (Å²) < 4.78 is 0. The summed E-state index contributed by atoms with van der Waals surface area (Å²) in [5.41, 5.74) is 6.99. The summed E-state index contributed by atoms with van der Waals surface area (Å²) in [6.45, 7) is 2.25. The van der Waals surface area contributed by atoms with Crippen LogP contribution in [-0.2, 0) is 6.42 Å². The standard InChI is InChI=1S/C24H16/c1-2-14-7-8-16-13-21-19-6-4-3-5-18(19)20-12-10-15-9-11-17(14)22(16)23(15)24(20)21/h3-13H,2H2,1H3. The van der Waals surface area contributed by atoms with Gasteiger partial charge in [0.2, 0.25) is 0 Å². The predicted molar refractivity (Wildman–Crippen MR) is 104 cm³/mol. The quantitative estimate of drug-likeness (QED) is 0.293. The van der Waals surface area contributed by atoms with E-state index in [9.17, 15) is 0 Å². The largest absolute Gasteiger partial charge is 0.0616 e. The highest BCUT2D eigenvalue weighted by molar-refractivity contribution is 6.32. The van der Waals surface area contributed by atoms with Crippen LogP contribution in [0.25, 0.3) is 54.6 Å². The van der Waals surface area contributed by atoms with Crippen molar-refractivity contribution in [3.05, 3.63) is 72.3 Å². The Kier molecular flexibility index (Phi) is 2.17. The summed E-state index contributed by atoms with van der Waals surface area (Å²) in [4.78, 5) is 0. The van der Waals surface area contributed by atoms with Gasteiger partial charge in [-0.2, -0.15) is 0 Å². The first-order valence-corrected chi connectivity index (χ1v) is 8.70. The maximum absolute atomic E-state index is 2.40. The van der Waals surface area contributed by atoms with Crippen molar-refractivity contribution in [1.29, 1.82) is 0 Å². The van der Waals surface area contributed by atoms with Gasteiger partial charge < -0.3 is 0 Å². The van der Waals surface area contributed by atoms with Crippen molar-refractivity contribution >= 4 is 32.3 Å². The molecule has 5 aromatic carbocycles. The zero-order chi connectivity index (χ0) is 15.8. The Hall–Kier alpha value is -2.86. The van der Waals surface area contributed by atoms with Gasteiger partial charge in [-0.05, 0) is 72.6 Å². The second kappa shape index (κ2) is 4.15. The highest BCUT2D eigenvalue weighted by Gasteiger charge is 2.24. The van der Waals surface area contributed by atoms with Crippen molar-refractivity contribution < 1.29 is 0 Å². The van der Waals surface area contributed by atoms with E-state index in [1.54, 1.807) is 0 Å². The fourth-order valence-corrected chi connectivity index (χ4v) is 4.67. The average Bonchev–Trinajstić information content (AvgIpc) is 2.97. The van der Waals surface area contributed by atoms with Crippen LogP contribution in [0.3, 0.4) is 0 Å². The molecule has 0 unspecified atom stereocenters. The highest BCUT2D eigenvalue weighted by Crippen LogP contribution is 2.51. The minimum Gasteiger partial charge on any atom is -0.0616 e. The summed E-state index contributed by atoms with van der Waals surface area (Å²) in [6.07, 6.45) is 1.08. The van der Waals surface area contributed by atoms with E-state index in [1.807, 2.05) is 0 Å². The van der Waals surface area contributed by atoms with Crippen LogP contribution >= 0.6 is 0 Å². The predicted octanol–water partition coefficient (Wildman–Crippen LogP) is 6.79. The van der Waals surface area contributed by atoms with Crippen LogP contribution in [0.1, 0.15) is 12.5 Å². The van der Waals surface area contributed by atoms with E-state index in [1.165, 1.54) is 60.1 Å². The molecular formula is C24H16. The minimum absolute atomic E-state index is 1.08. The van der Waals surface area contributed by atoms with Crippen molar-refractivity contribution in [2.75, 3.05) is 0 Å². The van der Waals surface area contributed by atoms with Crippen LogP contribution in [0.15, 0.2) is 66.7 Å². The first kappa shape index (κ1) is 12.5. The summed E-state index contributed by atoms with van der Waals surface area (Å²) in [7, 11) is 0. The van der Waals surface area contributed by atoms with E-state index < -0.39 is 0 Å². The molecule has 0 saturated heterocycles. The Labute approximate surface area is 140 Å². The molecule has 0 aliphatic heterocycles. The lowest BCUT2D eigenvalue weighted by atomic mass is 9.88. The second-order valence-corrected chi connectivity index (χ2v) is 6.85. The fraction of sp³-hybridized carbons (Fsp3) is 0.0833. The molecule has 1 aliphatic rings. The van der Waals surface area contributed by atoms with E-state index in [0.717, 1.165) is 6.42 Å². The van der Waals surface area contributed by atoms with Gasteiger partial charge in [0.05, 0.1) is 0 Å². The lowest BCUT2D eigenvalue weighted by molar-refractivity contribution is 1.16. The van der Waals surface area contributed by atoms with Gasteiger partial charge in [-0.25, -0.2) is 0 Å². The Morgan fingerprint density at radius 3 is 2.17 bits per heavy atom. The molecule has 0 atom stereocenters. The van der Waals surface area contributed by atoms with Gasteiger partial charge in [0.1, 0.15) is 0 Å². The van der Waals surface area contributed by atoms with E-state index >= 15 is 0 Å². The topological polar surface area (TPSA) is 0 Å². The zero-order valence-electron chi connectivity index (χ0n) is 13.6. The van der Waals surface area contributed by atoms with Gasteiger partial charge in [0, 0.05) is 0 Å². The van der Waals surface area contributed by atoms with Crippen LogP contribution in [0.2, 0.25) is 0 Å². The lowest BCUT2D eigenvalue weighted by Crippen LogP contribution is -1.89. The Morgan fingerprint density at radius 1 is 0.583 bits per heavy atom. The summed E-state index contributed by atoms with van der Waals surface area (Å²) >= 11 is 0. The van der Waals surface area contributed by atoms with Crippen molar-refractivity contribution in [2.45, 2.75) is 13.3 Å². The van der Waals surface area contributed by atoms with Crippen LogP contribution in [0.4, 0.5) is 0 Å². The first-order chi connectivity index (χ1) is 11.9. The van der Waals surface area contributed by atoms with Crippen LogP contribution < -0.4 is 0 Å². The summed E-state index contributed by atoms with van der Waals surface area (Å²) in [5.74, 6) is 0. The molecule has 0 amide bonds. The molecule has 0 bridgehead atoms. The Balaban J connectivity index is 1.96. The number of hydrogen-bond acceptors (Lipinski definition) is 0. The van der Waals surface area contributed by atoms with Gasteiger partial charge >= 0.3 is 0 Å². The molecule has 0 radical (unpaired) electrons. The molecule has 24 heavy (non-hydrogen) atoms. The minimum atomic E-state index is 1.08. The number of aryl methyl sites for hydroxylation is 1. The van der Waals surface area contributed by atoms with Gasteiger partial charge in [0.15, 0.2) is 0 Å². The van der Waals surface area contributed by atoms with Crippen LogP contribution in [0, 0.1) is 0 Å². The molecule has 0 N–H and O–H groups in total. The van der Waals surface area contributed by atoms with E-state index in [0.29, 0.717) is 0 Å². The van der Waals surface area contributed by atoms with Crippen molar-refractivity contribution in [3.63, 3.8) is 0 Å². The average molecular weight is 304 g/mol. The molecule has 0 fully saturated rings. The molecule has 112 valence electrons. The maximum Gasteiger partial charge on any atom is -0.00137 e. The summed E-state index contributed by atoms with van der Waals surface area (Å²) in [5, 5.41) is 8.48. The number of fused-ring (bicyclic) bond motifs is 3. The summed E-state index contributed by atoms with van der Waals surface area (Å²) in [6, 6.07) is 25.0. The Bertz CT molecular complexity index is 1270. The number of benzene rings is 5. The third-order valence-corrected chi connectivity index (χ3v) is 5.74. The Morgan fingerprint density at radius 2 is 1.33 bits per heavy atom. The second-order valence-electron chi connectivity index (χ2n) is 6.85. The van der Waals surface area contributed by atoms with E-state index in [4.69, 9.17) is 0 Å². The third kappa shape index (κ3) is 1.32. The van der Waals surface area contributed by atoms with Crippen LogP contribution in [-0.4, -0.2) is 0 Å². The molecule has 0 heteroatoms. The number of hydrogen-bond donors (Lipinski definition) is 0. The first-order valence-electron chi connectivity index (χ1n) is 8.70. The zero-order valence-corrected chi connectivity index (χ0v) is 13.6. The van der Waals surface area contributed by atoms with E-state index in [2.05, 4.69) is 73.7 Å². The molecule has 1 aliphatic carbocycles. The monoisotopic (exact) mass is 304 g/mol. The number of rotatable bonds is 1. The smallest absolute Gasteiger partial charge is 0.00137 e. The fourth-order valence-electron chi connectivity index (χ4n) is 4.67. The van der Waals surface area contributed by atoms with Crippen molar-refractivity contribution in [1.82, 2.24) is 0 Å². The van der Waals surface area contributed by atoms with Gasteiger partial charge in [-0.1, -0.05) is 67.6 Å². The molecule has 0 aromatic heterocycles. The SMILES string of the molecule is CCc1ccc2cc3c4c(ccc5ccc1c2c54)-c1ccccc1-3. The van der Waals surface area contributed by atoms with E-state index in [-0.39, 0.29) is 0 Å². The molecule has 0 spiro atoms. The molecule has 0 heterocycles. The molecule has 5 aromatic rings. The molecular weight excluding hydrogens is 288 g/mol.